The van der Waals surface area contributed by atoms with Gasteiger partial charge in [0.05, 0.1) is 6.04 Å². The third-order valence-corrected chi connectivity index (χ3v) is 9.75. The molecule has 1 aromatic heterocycles. The summed E-state index contributed by atoms with van der Waals surface area (Å²) in [6.07, 6.45) is -0.793. The predicted octanol–water partition coefficient (Wildman–Crippen LogP) is 1.30. The highest BCUT2D eigenvalue weighted by molar-refractivity contribution is 7.94. The van der Waals surface area contributed by atoms with Crippen LogP contribution in [0.2, 0.25) is 0 Å². The highest BCUT2D eigenvalue weighted by atomic mass is 32.3. The van der Waals surface area contributed by atoms with Crippen molar-refractivity contribution < 1.29 is 36.3 Å². The maximum absolute atomic E-state index is 12.9. The van der Waals surface area contributed by atoms with Gasteiger partial charge in [0.25, 0.3) is 15.1 Å². The Labute approximate surface area is 193 Å². The maximum Gasteiger partial charge on any atom is 0.415 e. The summed E-state index contributed by atoms with van der Waals surface area (Å²) >= 11 is 0.527. The number of sulfonamides is 2. The number of primary sulfonamides is 1. The van der Waals surface area contributed by atoms with Crippen molar-refractivity contribution in [2.75, 3.05) is 20.1 Å². The van der Waals surface area contributed by atoms with Gasteiger partial charge in [0.1, 0.15) is 20.8 Å². The van der Waals surface area contributed by atoms with Crippen molar-refractivity contribution in [1.82, 2.24) is 9.21 Å². The van der Waals surface area contributed by atoms with E-state index in [1.165, 1.54) is 42.3 Å². The summed E-state index contributed by atoms with van der Waals surface area (Å²) in [4.78, 5) is 28.7. The van der Waals surface area contributed by atoms with Gasteiger partial charge in [-0.1, -0.05) is 12.1 Å². The van der Waals surface area contributed by atoms with E-state index in [-0.39, 0.29) is 39.4 Å². The van der Waals surface area contributed by atoms with Crippen LogP contribution in [0, 0.1) is 10.1 Å². The van der Waals surface area contributed by atoms with Crippen LogP contribution in [0.1, 0.15) is 24.1 Å². The Morgan fingerprint density at radius 1 is 1.36 bits per heavy atom. The molecule has 1 aliphatic heterocycles. The number of fused-ring (bicyclic) bond motifs is 1. The van der Waals surface area contributed by atoms with E-state index in [1.807, 2.05) is 0 Å². The molecule has 0 saturated heterocycles. The van der Waals surface area contributed by atoms with E-state index in [1.54, 1.807) is 6.92 Å². The summed E-state index contributed by atoms with van der Waals surface area (Å²) in [6.45, 7) is 1.41. The SMILES string of the molecule is CCN(C(=O)Oc1ccc(CO[N+](=O)[O-])cc1)[C@H]1CN(C)S(=O)(=O)c2sc(S(N)(=O)=O)cc21. The van der Waals surface area contributed by atoms with E-state index >= 15 is 0 Å². The quantitative estimate of drug-likeness (QED) is 0.416. The number of carbonyl (C=O) groups excluding carboxylic acids is 1. The summed E-state index contributed by atoms with van der Waals surface area (Å²) < 4.78 is 54.9. The van der Waals surface area contributed by atoms with Gasteiger partial charge in [-0.2, -0.15) is 4.31 Å². The van der Waals surface area contributed by atoms with Crippen LogP contribution in [0.3, 0.4) is 0 Å². The Morgan fingerprint density at radius 3 is 2.55 bits per heavy atom. The molecule has 0 spiro atoms. The number of amides is 1. The number of rotatable bonds is 7. The fourth-order valence-electron chi connectivity index (χ4n) is 3.20. The molecule has 33 heavy (non-hydrogen) atoms. The average molecular weight is 521 g/mol. The normalized spacial score (nSPS) is 17.7. The molecular weight excluding hydrogens is 500 g/mol. The first-order chi connectivity index (χ1) is 15.3. The molecule has 13 nitrogen and oxygen atoms in total. The molecule has 1 aromatic carbocycles. The van der Waals surface area contributed by atoms with Crippen molar-refractivity contribution in [1.29, 1.82) is 0 Å². The standard InChI is InChI=1S/C17H20N4O9S3/c1-3-20(17(22)30-12-6-4-11(5-7-12)10-29-21(23)24)14-9-19(2)33(27,28)16-13(14)8-15(31-16)32(18,25)26/h4-8,14H,3,9-10H2,1-2H3,(H2,18,25,26)/t14-/m0/s1. The molecule has 0 bridgehead atoms. The zero-order valence-electron chi connectivity index (χ0n) is 17.4. The van der Waals surface area contributed by atoms with Crippen molar-refractivity contribution in [2.45, 2.75) is 28.0 Å². The van der Waals surface area contributed by atoms with Gasteiger partial charge in [-0.05, 0) is 30.7 Å². The van der Waals surface area contributed by atoms with Crippen LogP contribution >= 0.6 is 11.3 Å². The van der Waals surface area contributed by atoms with Crippen LogP contribution in [-0.2, 0) is 31.5 Å². The highest BCUT2D eigenvalue weighted by Gasteiger charge is 2.42. The molecule has 3 rings (SSSR count). The van der Waals surface area contributed by atoms with Crippen LogP contribution in [0.5, 0.6) is 5.75 Å². The number of thiophene rings is 1. The van der Waals surface area contributed by atoms with E-state index in [9.17, 15) is 31.7 Å². The molecular formula is C17H20N4O9S3. The molecule has 2 heterocycles. The van der Waals surface area contributed by atoms with E-state index in [4.69, 9.17) is 9.88 Å². The minimum Gasteiger partial charge on any atom is -0.410 e. The second-order valence-corrected chi connectivity index (χ2v) is 12.0. The predicted molar refractivity (Wildman–Crippen MR) is 115 cm³/mol. The molecule has 0 unspecified atom stereocenters. The minimum atomic E-state index is -4.16. The average Bonchev–Trinajstić information content (AvgIpc) is 3.19. The monoisotopic (exact) mass is 520 g/mol. The van der Waals surface area contributed by atoms with Gasteiger partial charge >= 0.3 is 6.09 Å². The number of likely N-dealkylation sites (N-methyl/N-ethyl adjacent to an activating group) is 2. The molecule has 16 heteroatoms. The first kappa shape index (κ1) is 24.8. The zero-order chi connectivity index (χ0) is 24.6. The number of benzene rings is 1. The van der Waals surface area contributed by atoms with E-state index in [0.717, 1.165) is 4.31 Å². The number of carbonyl (C=O) groups is 1. The van der Waals surface area contributed by atoms with Crippen LogP contribution in [0.25, 0.3) is 0 Å². The Bertz CT molecular complexity index is 1270. The van der Waals surface area contributed by atoms with Crippen LogP contribution in [0.4, 0.5) is 4.79 Å². The lowest BCUT2D eigenvalue weighted by molar-refractivity contribution is -0.763. The number of nitrogens with zero attached hydrogens (tertiary/aromatic N) is 3. The van der Waals surface area contributed by atoms with E-state index in [0.29, 0.717) is 16.9 Å². The zero-order valence-corrected chi connectivity index (χ0v) is 19.9. The molecule has 2 N–H and O–H groups in total. The third-order valence-electron chi connectivity index (χ3n) is 4.83. The van der Waals surface area contributed by atoms with Crippen molar-refractivity contribution in [3.63, 3.8) is 0 Å². The van der Waals surface area contributed by atoms with Gasteiger partial charge in [0, 0.05) is 25.7 Å². The lowest BCUT2D eigenvalue weighted by Gasteiger charge is -2.36. The molecule has 180 valence electrons. The number of nitrogens with two attached hydrogens (primary N) is 1. The Kier molecular flexibility index (Phi) is 6.94. The van der Waals surface area contributed by atoms with Crippen LogP contribution in [-0.4, -0.2) is 57.4 Å². The third kappa shape index (κ3) is 5.25. The summed E-state index contributed by atoms with van der Waals surface area (Å²) in [7, 11) is -6.77. The summed E-state index contributed by atoms with van der Waals surface area (Å²) in [5.74, 6) is 0.149. The van der Waals surface area contributed by atoms with Crippen molar-refractivity contribution in [3.8, 4) is 5.75 Å². The molecule has 0 radical (unpaired) electrons. The largest absolute Gasteiger partial charge is 0.415 e. The first-order valence-electron chi connectivity index (χ1n) is 9.32. The van der Waals surface area contributed by atoms with Crippen molar-refractivity contribution in [2.24, 2.45) is 5.14 Å². The van der Waals surface area contributed by atoms with Gasteiger partial charge < -0.3 is 9.57 Å². The Morgan fingerprint density at radius 2 is 2.00 bits per heavy atom. The highest BCUT2D eigenvalue weighted by Crippen LogP contribution is 2.41. The molecule has 0 fully saturated rings. The number of ether oxygens (including phenoxy) is 1. The second-order valence-electron chi connectivity index (χ2n) is 6.95. The molecule has 2 aromatic rings. The number of hydrogen-bond acceptors (Lipinski definition) is 10. The lowest BCUT2D eigenvalue weighted by Crippen LogP contribution is -2.46. The summed E-state index contributed by atoms with van der Waals surface area (Å²) in [5.41, 5.74) is 0.629. The van der Waals surface area contributed by atoms with Gasteiger partial charge in [-0.25, -0.2) is 26.8 Å². The summed E-state index contributed by atoms with van der Waals surface area (Å²) in [5, 5.41) is 14.5. The van der Waals surface area contributed by atoms with Crippen LogP contribution in [0.15, 0.2) is 38.8 Å². The minimum absolute atomic E-state index is 0.115. The molecule has 1 atom stereocenters. The van der Waals surface area contributed by atoms with E-state index in [2.05, 4.69) is 4.84 Å². The van der Waals surface area contributed by atoms with E-state index < -0.39 is 37.3 Å². The fraction of sp³-hybridized carbons (Fsp3) is 0.353. The molecule has 0 aliphatic carbocycles. The summed E-state index contributed by atoms with van der Waals surface area (Å²) in [6, 6.07) is 6.18. The van der Waals surface area contributed by atoms with Gasteiger partial charge in [0.2, 0.25) is 10.0 Å². The molecule has 1 amide bonds. The van der Waals surface area contributed by atoms with Crippen molar-refractivity contribution in [3.05, 3.63) is 51.6 Å². The van der Waals surface area contributed by atoms with Gasteiger partial charge in [0.15, 0.2) is 0 Å². The molecule has 0 saturated carbocycles. The van der Waals surface area contributed by atoms with Crippen molar-refractivity contribution >= 4 is 37.5 Å². The smallest absolute Gasteiger partial charge is 0.410 e. The second kappa shape index (κ2) is 9.22. The first-order valence-corrected chi connectivity index (χ1v) is 13.1. The topological polar surface area (TPSA) is 179 Å². The molecule has 1 aliphatic rings. The number of hydrogen-bond donors (Lipinski definition) is 1. The lowest BCUT2D eigenvalue weighted by atomic mass is 10.1. The Hall–Kier alpha value is -2.79. The maximum atomic E-state index is 12.9. The fourth-order valence-corrected chi connectivity index (χ4v) is 7.24. The Balaban J connectivity index is 1.87. The van der Waals surface area contributed by atoms with Gasteiger partial charge in [-0.15, -0.1) is 21.5 Å². The van der Waals surface area contributed by atoms with Gasteiger partial charge in [-0.3, -0.25) is 4.90 Å². The van der Waals surface area contributed by atoms with Crippen LogP contribution < -0.4 is 9.88 Å².